The Kier molecular flexibility index (Phi) is 4.56. The van der Waals surface area contributed by atoms with Gasteiger partial charge in [0.2, 0.25) is 0 Å². The lowest BCUT2D eigenvalue weighted by Gasteiger charge is -2.27. The van der Waals surface area contributed by atoms with Crippen LogP contribution in [0.5, 0.6) is 0 Å². The predicted molar refractivity (Wildman–Crippen MR) is 95.2 cm³/mol. The molecule has 3 aromatic rings. The molecule has 0 saturated heterocycles. The van der Waals surface area contributed by atoms with Crippen molar-refractivity contribution in [2.45, 2.75) is 25.7 Å². The standard InChI is InChI=1S/C18H15F3N4OS/c19-18(20,21)15-4-3-11(8-22-15)9-25-6-5-12-13(10-25)23-16(24-17(12)26)14-2-1-7-27-14/h1-4,7-8H,5-6,9-10H2,(H,23,24,26). The van der Waals surface area contributed by atoms with Crippen molar-refractivity contribution in [3.8, 4) is 10.7 Å². The molecule has 4 rings (SSSR count). The van der Waals surface area contributed by atoms with Gasteiger partial charge in [-0.15, -0.1) is 11.3 Å². The van der Waals surface area contributed by atoms with Crippen molar-refractivity contribution in [3.05, 3.63) is 68.7 Å². The molecule has 4 heterocycles. The zero-order valence-electron chi connectivity index (χ0n) is 14.1. The topological polar surface area (TPSA) is 61.9 Å². The van der Waals surface area contributed by atoms with E-state index in [4.69, 9.17) is 0 Å². The number of nitrogens with one attached hydrogen (secondary N) is 1. The van der Waals surface area contributed by atoms with Crippen molar-refractivity contribution in [2.75, 3.05) is 6.54 Å². The molecule has 3 aromatic heterocycles. The molecule has 0 bridgehead atoms. The molecule has 0 aromatic carbocycles. The third-order valence-corrected chi connectivity index (χ3v) is 5.31. The highest BCUT2D eigenvalue weighted by molar-refractivity contribution is 7.13. The first kappa shape index (κ1) is 17.9. The highest BCUT2D eigenvalue weighted by atomic mass is 32.1. The number of nitrogens with zero attached hydrogens (tertiary/aromatic N) is 3. The van der Waals surface area contributed by atoms with Gasteiger partial charge in [0.25, 0.3) is 5.56 Å². The molecule has 27 heavy (non-hydrogen) atoms. The fourth-order valence-electron chi connectivity index (χ4n) is 3.10. The van der Waals surface area contributed by atoms with Gasteiger partial charge >= 0.3 is 6.18 Å². The van der Waals surface area contributed by atoms with Crippen LogP contribution >= 0.6 is 11.3 Å². The third-order valence-electron chi connectivity index (χ3n) is 4.43. The number of H-pyrrole nitrogens is 1. The molecule has 0 unspecified atom stereocenters. The maximum Gasteiger partial charge on any atom is 0.433 e. The summed E-state index contributed by atoms with van der Waals surface area (Å²) in [4.78, 5) is 26.2. The smallest absolute Gasteiger partial charge is 0.306 e. The number of aromatic amines is 1. The van der Waals surface area contributed by atoms with Crippen LogP contribution in [-0.4, -0.2) is 26.4 Å². The Balaban J connectivity index is 1.53. The second kappa shape index (κ2) is 6.90. The molecule has 1 aliphatic rings. The second-order valence-corrected chi connectivity index (χ2v) is 7.27. The summed E-state index contributed by atoms with van der Waals surface area (Å²) in [5.41, 5.74) is 1.06. The molecule has 9 heteroatoms. The average molecular weight is 392 g/mol. The Labute approximate surface area is 156 Å². The van der Waals surface area contributed by atoms with Crippen LogP contribution in [0.1, 0.15) is 22.5 Å². The van der Waals surface area contributed by atoms with Crippen LogP contribution in [0.4, 0.5) is 13.2 Å². The molecule has 0 amide bonds. The lowest BCUT2D eigenvalue weighted by molar-refractivity contribution is -0.141. The number of hydrogen-bond donors (Lipinski definition) is 1. The van der Waals surface area contributed by atoms with Gasteiger partial charge in [0.15, 0.2) is 5.82 Å². The molecule has 1 aliphatic heterocycles. The first-order valence-electron chi connectivity index (χ1n) is 8.30. The predicted octanol–water partition coefficient (Wildman–Crippen LogP) is 3.47. The Hall–Kier alpha value is -2.52. The average Bonchev–Trinajstić information content (AvgIpc) is 3.16. The first-order valence-corrected chi connectivity index (χ1v) is 9.18. The SMILES string of the molecule is O=c1[nH]c(-c2cccs2)nc2c1CCN(Cc1ccc(C(F)(F)F)nc1)C2. The van der Waals surface area contributed by atoms with Crippen LogP contribution in [-0.2, 0) is 25.7 Å². The zero-order valence-corrected chi connectivity index (χ0v) is 14.9. The van der Waals surface area contributed by atoms with Crippen LogP contribution < -0.4 is 5.56 Å². The maximum atomic E-state index is 12.6. The molecule has 0 fully saturated rings. The van der Waals surface area contributed by atoms with Crippen molar-refractivity contribution < 1.29 is 13.2 Å². The lowest BCUT2D eigenvalue weighted by atomic mass is 10.1. The highest BCUT2D eigenvalue weighted by Gasteiger charge is 2.32. The van der Waals surface area contributed by atoms with E-state index in [0.29, 0.717) is 48.7 Å². The number of aromatic nitrogens is 3. The van der Waals surface area contributed by atoms with Crippen LogP contribution in [0.3, 0.4) is 0 Å². The number of rotatable bonds is 3. The summed E-state index contributed by atoms with van der Waals surface area (Å²) in [6, 6.07) is 6.21. The van der Waals surface area contributed by atoms with Gasteiger partial charge in [-0.1, -0.05) is 12.1 Å². The van der Waals surface area contributed by atoms with Crippen LogP contribution in [0.25, 0.3) is 10.7 Å². The minimum Gasteiger partial charge on any atom is -0.306 e. The van der Waals surface area contributed by atoms with E-state index < -0.39 is 11.9 Å². The fraction of sp³-hybridized carbons (Fsp3) is 0.278. The molecule has 5 nitrogen and oxygen atoms in total. The minimum absolute atomic E-state index is 0.126. The number of pyridine rings is 1. The van der Waals surface area contributed by atoms with Crippen LogP contribution in [0.2, 0.25) is 0 Å². The van der Waals surface area contributed by atoms with Crippen molar-refractivity contribution >= 4 is 11.3 Å². The zero-order chi connectivity index (χ0) is 19.0. The second-order valence-electron chi connectivity index (χ2n) is 6.33. The third kappa shape index (κ3) is 3.79. The van der Waals surface area contributed by atoms with E-state index in [-0.39, 0.29) is 5.56 Å². The molecule has 0 atom stereocenters. The van der Waals surface area contributed by atoms with Crippen molar-refractivity contribution in [1.82, 2.24) is 19.9 Å². The van der Waals surface area contributed by atoms with Gasteiger partial charge in [0.05, 0.1) is 10.6 Å². The number of halogens is 3. The molecule has 0 radical (unpaired) electrons. The van der Waals surface area contributed by atoms with E-state index in [0.717, 1.165) is 10.9 Å². The molecule has 0 aliphatic carbocycles. The summed E-state index contributed by atoms with van der Waals surface area (Å²) in [5, 5.41) is 1.92. The Morgan fingerprint density at radius 3 is 2.78 bits per heavy atom. The number of alkyl halides is 3. The van der Waals surface area contributed by atoms with Gasteiger partial charge in [-0.05, 0) is 29.5 Å². The van der Waals surface area contributed by atoms with Gasteiger partial charge in [0.1, 0.15) is 5.69 Å². The summed E-state index contributed by atoms with van der Waals surface area (Å²) >= 11 is 1.50. The maximum absolute atomic E-state index is 12.6. The molecule has 1 N–H and O–H groups in total. The van der Waals surface area contributed by atoms with Crippen LogP contribution in [0.15, 0.2) is 40.6 Å². The van der Waals surface area contributed by atoms with Gasteiger partial charge in [-0.2, -0.15) is 13.2 Å². The quantitative estimate of drug-likeness (QED) is 0.742. The van der Waals surface area contributed by atoms with E-state index in [9.17, 15) is 18.0 Å². The number of thiophene rings is 1. The fourth-order valence-corrected chi connectivity index (χ4v) is 3.77. The van der Waals surface area contributed by atoms with E-state index in [1.54, 1.807) is 0 Å². The summed E-state index contributed by atoms with van der Waals surface area (Å²) in [7, 11) is 0. The number of fused-ring (bicyclic) bond motifs is 1. The van der Waals surface area contributed by atoms with E-state index in [1.165, 1.54) is 23.6 Å². The molecular weight excluding hydrogens is 377 g/mol. The normalized spacial score (nSPS) is 14.9. The van der Waals surface area contributed by atoms with Crippen LogP contribution in [0, 0.1) is 0 Å². The first-order chi connectivity index (χ1) is 12.9. The summed E-state index contributed by atoms with van der Waals surface area (Å²) < 4.78 is 37.9. The van der Waals surface area contributed by atoms with E-state index >= 15 is 0 Å². The summed E-state index contributed by atoms with van der Waals surface area (Å²) in [6.45, 7) is 1.56. The van der Waals surface area contributed by atoms with E-state index in [2.05, 4.69) is 19.9 Å². The Bertz CT molecular complexity index is 997. The van der Waals surface area contributed by atoms with Gasteiger partial charge in [-0.25, -0.2) is 4.98 Å². The van der Waals surface area contributed by atoms with Gasteiger partial charge in [-0.3, -0.25) is 14.7 Å². The van der Waals surface area contributed by atoms with E-state index in [1.807, 2.05) is 17.5 Å². The largest absolute Gasteiger partial charge is 0.433 e. The summed E-state index contributed by atoms with van der Waals surface area (Å²) in [5.74, 6) is 0.548. The summed E-state index contributed by atoms with van der Waals surface area (Å²) in [6.07, 6.45) is -2.64. The Morgan fingerprint density at radius 1 is 1.26 bits per heavy atom. The van der Waals surface area contributed by atoms with Crippen molar-refractivity contribution in [3.63, 3.8) is 0 Å². The molecular formula is C18H15F3N4OS. The highest BCUT2D eigenvalue weighted by Crippen LogP contribution is 2.28. The number of hydrogen-bond acceptors (Lipinski definition) is 5. The molecule has 140 valence electrons. The lowest BCUT2D eigenvalue weighted by Crippen LogP contribution is -2.35. The van der Waals surface area contributed by atoms with Gasteiger partial charge in [0, 0.05) is 31.4 Å². The van der Waals surface area contributed by atoms with Gasteiger partial charge < -0.3 is 4.98 Å². The Morgan fingerprint density at radius 2 is 2.11 bits per heavy atom. The van der Waals surface area contributed by atoms with Crippen molar-refractivity contribution in [1.29, 1.82) is 0 Å². The van der Waals surface area contributed by atoms with Crippen molar-refractivity contribution in [2.24, 2.45) is 0 Å². The molecule has 0 saturated carbocycles. The minimum atomic E-state index is -4.44. The molecule has 0 spiro atoms. The monoisotopic (exact) mass is 392 g/mol.